The van der Waals surface area contributed by atoms with E-state index in [1.807, 2.05) is 12.1 Å². The minimum absolute atomic E-state index is 0.211. The molecule has 0 spiro atoms. The summed E-state index contributed by atoms with van der Waals surface area (Å²) >= 11 is 6.63. The Bertz CT molecular complexity index is 827. The molecule has 1 unspecified atom stereocenters. The van der Waals surface area contributed by atoms with Crippen LogP contribution >= 0.6 is 31.9 Å². The lowest BCUT2D eigenvalue weighted by atomic mass is 10.1. The number of hydrogen-bond donors (Lipinski definition) is 1. The largest absolute Gasteiger partial charge is 0.387 e. The van der Waals surface area contributed by atoms with Gasteiger partial charge < -0.3 is 20.1 Å². The topological polar surface area (TPSA) is 101 Å². The molecule has 0 radical (unpaired) electrons. The zero-order valence-electron chi connectivity index (χ0n) is 15.5. The van der Waals surface area contributed by atoms with Crippen LogP contribution in [0.1, 0.15) is 13.3 Å². The van der Waals surface area contributed by atoms with Crippen molar-refractivity contribution >= 4 is 43.5 Å². The van der Waals surface area contributed by atoms with Gasteiger partial charge in [0.15, 0.2) is 0 Å². The maximum Gasteiger partial charge on any atom is 0.382 e. The number of imidazole rings is 1. The van der Waals surface area contributed by atoms with Crippen LogP contribution in [0.4, 0.5) is 11.6 Å². The smallest absolute Gasteiger partial charge is 0.382 e. The van der Waals surface area contributed by atoms with E-state index in [0.717, 1.165) is 42.9 Å². The summed E-state index contributed by atoms with van der Waals surface area (Å²) in [6.07, 6.45) is 4.10. The number of nitrogens with zero attached hydrogens (tertiary/aromatic N) is 6. The molecule has 3 heterocycles. The van der Waals surface area contributed by atoms with Gasteiger partial charge in [0.05, 0.1) is 12.1 Å². The summed E-state index contributed by atoms with van der Waals surface area (Å²) in [5, 5.41) is 21.8. The van der Waals surface area contributed by atoms with Crippen LogP contribution in [0.25, 0.3) is 0 Å². The van der Waals surface area contributed by atoms with Crippen molar-refractivity contribution in [2.45, 2.75) is 25.5 Å². The highest BCUT2D eigenvalue weighted by molar-refractivity contribution is 9.10. The Morgan fingerprint density at radius 1 is 1.25 bits per heavy atom. The molecule has 1 fully saturated rings. The fourth-order valence-corrected chi connectivity index (χ4v) is 4.03. The first-order valence-corrected chi connectivity index (χ1v) is 10.5. The predicted molar refractivity (Wildman–Crippen MR) is 112 cm³/mol. The number of rotatable bonds is 6. The normalized spacial score (nSPS) is 17.9. The summed E-state index contributed by atoms with van der Waals surface area (Å²) in [5.74, 6) is 0.710. The third-order valence-corrected chi connectivity index (χ3v) is 5.70. The second kappa shape index (κ2) is 8.85. The van der Waals surface area contributed by atoms with Gasteiger partial charge in [-0.15, -0.1) is 0 Å². The summed E-state index contributed by atoms with van der Waals surface area (Å²) in [6, 6.07) is 3.98. The molecule has 3 rings (SSSR count). The van der Waals surface area contributed by atoms with E-state index >= 15 is 0 Å². The molecule has 1 aliphatic heterocycles. The Balaban J connectivity index is 1.59. The molecule has 2 aromatic rings. The average Bonchev–Trinajstić information content (AvgIpc) is 2.84. The highest BCUT2D eigenvalue weighted by atomic mass is 79.9. The van der Waals surface area contributed by atoms with Gasteiger partial charge in [-0.3, -0.25) is 9.47 Å². The molecule has 0 amide bonds. The molecular formula is C17H22Br2N6O3. The third kappa shape index (κ3) is 5.49. The molecule has 1 atom stereocenters. The SMILES string of the molecule is CC(O)(CN1CCCN(c2ccc(Br)cn2)CC1)Cn1cc([N+](=O)[O-])nc1Br. The van der Waals surface area contributed by atoms with Gasteiger partial charge in [0.1, 0.15) is 12.0 Å². The van der Waals surface area contributed by atoms with E-state index in [9.17, 15) is 15.2 Å². The number of β-amino-alcohol motifs (C(OH)–C–C–N with tert-alkyl or cyclic N) is 1. The Hall–Kier alpha value is -1.56. The second-order valence-electron chi connectivity index (χ2n) is 7.20. The van der Waals surface area contributed by atoms with Gasteiger partial charge in [-0.05, 0) is 51.3 Å². The molecule has 1 aliphatic rings. The van der Waals surface area contributed by atoms with E-state index < -0.39 is 10.5 Å². The third-order valence-electron chi connectivity index (χ3n) is 4.60. The molecule has 1 saturated heterocycles. The van der Waals surface area contributed by atoms with E-state index in [-0.39, 0.29) is 12.4 Å². The molecule has 28 heavy (non-hydrogen) atoms. The second-order valence-corrected chi connectivity index (χ2v) is 8.83. The number of anilines is 1. The summed E-state index contributed by atoms with van der Waals surface area (Å²) in [5.41, 5.74) is -1.05. The molecule has 9 nitrogen and oxygen atoms in total. The lowest BCUT2D eigenvalue weighted by Gasteiger charge is -2.31. The van der Waals surface area contributed by atoms with Crippen LogP contribution in [0.3, 0.4) is 0 Å². The number of pyridine rings is 1. The van der Waals surface area contributed by atoms with Crippen molar-refractivity contribution in [3.8, 4) is 0 Å². The molecule has 0 bridgehead atoms. The molecule has 11 heteroatoms. The van der Waals surface area contributed by atoms with Crippen LogP contribution in [-0.2, 0) is 6.54 Å². The van der Waals surface area contributed by atoms with Gasteiger partial charge in [0, 0.05) is 59.3 Å². The van der Waals surface area contributed by atoms with E-state index in [2.05, 4.69) is 51.6 Å². The van der Waals surface area contributed by atoms with Crippen molar-refractivity contribution in [1.82, 2.24) is 19.4 Å². The molecular weight excluding hydrogens is 496 g/mol. The molecule has 0 aromatic carbocycles. The van der Waals surface area contributed by atoms with Crippen molar-refractivity contribution in [1.29, 1.82) is 0 Å². The maximum atomic E-state index is 10.9. The zero-order valence-corrected chi connectivity index (χ0v) is 18.6. The number of hydrogen-bond acceptors (Lipinski definition) is 7. The Labute approximate surface area is 179 Å². The lowest BCUT2D eigenvalue weighted by molar-refractivity contribution is -0.389. The van der Waals surface area contributed by atoms with E-state index in [1.54, 1.807) is 17.7 Å². The highest BCUT2D eigenvalue weighted by Crippen LogP contribution is 2.21. The van der Waals surface area contributed by atoms with Crippen LogP contribution in [0.5, 0.6) is 0 Å². The van der Waals surface area contributed by atoms with Crippen LogP contribution in [-0.4, -0.2) is 67.8 Å². The van der Waals surface area contributed by atoms with Crippen LogP contribution < -0.4 is 4.90 Å². The maximum absolute atomic E-state index is 10.9. The zero-order chi connectivity index (χ0) is 20.3. The standard InChI is InChI=1S/C17H22Br2N6O3/c1-17(26,12-24-10-15(25(27)28)21-16(24)19)11-22-5-2-6-23(8-7-22)14-4-3-13(18)9-20-14/h3-4,9-10,26H,2,5-8,11-12H2,1H3. The van der Waals surface area contributed by atoms with Crippen molar-refractivity contribution in [2.24, 2.45) is 0 Å². The fourth-order valence-electron chi connectivity index (χ4n) is 3.39. The number of aliphatic hydroxyl groups is 1. The summed E-state index contributed by atoms with van der Waals surface area (Å²) < 4.78 is 2.85. The van der Waals surface area contributed by atoms with Crippen molar-refractivity contribution in [3.05, 3.63) is 43.8 Å². The minimum atomic E-state index is -1.05. The van der Waals surface area contributed by atoms with E-state index in [1.165, 1.54) is 6.20 Å². The molecule has 1 N–H and O–H groups in total. The minimum Gasteiger partial charge on any atom is -0.387 e. The average molecular weight is 518 g/mol. The Morgan fingerprint density at radius 2 is 2.04 bits per heavy atom. The van der Waals surface area contributed by atoms with Gasteiger partial charge in [-0.1, -0.05) is 0 Å². The highest BCUT2D eigenvalue weighted by Gasteiger charge is 2.29. The molecule has 152 valence electrons. The van der Waals surface area contributed by atoms with Gasteiger partial charge in [-0.25, -0.2) is 4.98 Å². The molecule has 2 aromatic heterocycles. The van der Waals surface area contributed by atoms with Gasteiger partial charge >= 0.3 is 5.82 Å². The molecule has 0 saturated carbocycles. The summed E-state index contributed by atoms with van der Waals surface area (Å²) in [4.78, 5) is 23.1. The number of nitro groups is 1. The Morgan fingerprint density at radius 3 is 2.68 bits per heavy atom. The number of aromatic nitrogens is 3. The van der Waals surface area contributed by atoms with Crippen LogP contribution in [0.15, 0.2) is 33.7 Å². The first kappa shape index (κ1) is 21.2. The predicted octanol–water partition coefficient (Wildman–Crippen LogP) is 2.67. The van der Waals surface area contributed by atoms with Gasteiger partial charge in [-0.2, -0.15) is 0 Å². The quantitative estimate of drug-likeness (QED) is 0.464. The molecule has 0 aliphatic carbocycles. The van der Waals surface area contributed by atoms with Crippen molar-refractivity contribution in [3.63, 3.8) is 0 Å². The van der Waals surface area contributed by atoms with E-state index in [0.29, 0.717) is 11.3 Å². The van der Waals surface area contributed by atoms with E-state index in [4.69, 9.17) is 0 Å². The van der Waals surface area contributed by atoms with Gasteiger partial charge in [0.2, 0.25) is 0 Å². The summed E-state index contributed by atoms with van der Waals surface area (Å²) in [6.45, 7) is 5.82. The first-order chi connectivity index (χ1) is 13.2. The first-order valence-electron chi connectivity index (χ1n) is 8.92. The monoisotopic (exact) mass is 516 g/mol. The number of halogens is 2. The fraction of sp³-hybridized carbons (Fsp3) is 0.529. The summed E-state index contributed by atoms with van der Waals surface area (Å²) in [7, 11) is 0. The van der Waals surface area contributed by atoms with Crippen molar-refractivity contribution in [2.75, 3.05) is 37.6 Å². The van der Waals surface area contributed by atoms with Gasteiger partial charge in [0.25, 0.3) is 4.73 Å². The van der Waals surface area contributed by atoms with Crippen LogP contribution in [0.2, 0.25) is 0 Å². The van der Waals surface area contributed by atoms with Crippen molar-refractivity contribution < 1.29 is 10.0 Å². The lowest BCUT2D eigenvalue weighted by Crippen LogP contribution is -2.45. The Kier molecular flexibility index (Phi) is 6.69. The van der Waals surface area contributed by atoms with Crippen LogP contribution in [0, 0.1) is 10.1 Å².